The van der Waals surface area contributed by atoms with Crippen molar-refractivity contribution in [1.82, 2.24) is 0 Å². The number of fused-ring (bicyclic) bond motifs is 9. The van der Waals surface area contributed by atoms with Crippen molar-refractivity contribution in [2.45, 2.75) is 25.7 Å². The Morgan fingerprint density at radius 2 is 2.25 bits per heavy atom. The van der Waals surface area contributed by atoms with Crippen molar-refractivity contribution in [2.24, 2.45) is 35.5 Å². The summed E-state index contributed by atoms with van der Waals surface area (Å²) in [5.74, 6) is 4.32. The maximum Gasteiger partial charge on any atom is 0.308 e. The van der Waals surface area contributed by atoms with Crippen LogP contribution >= 0.6 is 0 Å². The largest absolute Gasteiger partial charge is 0.469 e. The Bertz CT molecular complexity index is 384. The lowest BCUT2D eigenvalue weighted by atomic mass is 9.70. The number of carbonyl (C=O) groups is 1. The van der Waals surface area contributed by atoms with Crippen LogP contribution in [0.5, 0.6) is 0 Å². The summed E-state index contributed by atoms with van der Waals surface area (Å²) in [6, 6.07) is 0. The Balaban J connectivity index is 1.66. The van der Waals surface area contributed by atoms with Crippen LogP contribution in [0.3, 0.4) is 0 Å². The molecule has 3 fully saturated rings. The van der Waals surface area contributed by atoms with Gasteiger partial charge in [-0.05, 0) is 55.3 Å². The van der Waals surface area contributed by atoms with Gasteiger partial charge in [0.15, 0.2) is 0 Å². The van der Waals surface area contributed by atoms with Crippen molar-refractivity contribution in [1.29, 1.82) is 0 Å². The number of hydrogen-bond donors (Lipinski definition) is 0. The Kier molecular flexibility index (Phi) is 1.68. The van der Waals surface area contributed by atoms with Crippen LogP contribution in [-0.2, 0) is 9.53 Å². The van der Waals surface area contributed by atoms with Crippen LogP contribution in [0.2, 0.25) is 0 Å². The lowest BCUT2D eigenvalue weighted by Gasteiger charge is -2.34. The molecule has 0 spiro atoms. The molecule has 16 heavy (non-hydrogen) atoms. The first-order valence-corrected chi connectivity index (χ1v) is 6.56. The van der Waals surface area contributed by atoms with Crippen LogP contribution in [0.1, 0.15) is 25.7 Å². The van der Waals surface area contributed by atoms with Crippen molar-refractivity contribution in [3.63, 3.8) is 0 Å². The third kappa shape index (κ3) is 0.922. The van der Waals surface area contributed by atoms with E-state index in [2.05, 4.69) is 6.08 Å². The molecule has 4 aliphatic carbocycles. The van der Waals surface area contributed by atoms with Crippen LogP contribution in [0.25, 0.3) is 0 Å². The molecule has 0 aromatic heterocycles. The molecule has 0 aromatic carbocycles. The van der Waals surface area contributed by atoms with Gasteiger partial charge in [-0.2, -0.15) is 0 Å². The minimum Gasteiger partial charge on any atom is -0.469 e. The summed E-state index contributed by atoms with van der Waals surface area (Å²) in [7, 11) is 1.54. The van der Waals surface area contributed by atoms with E-state index in [1.807, 2.05) is 0 Å². The number of hydrogen-bond acceptors (Lipinski definition) is 2. The van der Waals surface area contributed by atoms with Gasteiger partial charge in [0, 0.05) is 0 Å². The third-order valence-corrected chi connectivity index (χ3v) is 5.72. The topological polar surface area (TPSA) is 26.3 Å². The first-order chi connectivity index (χ1) is 7.79. The number of methoxy groups -OCH3 is 1. The molecule has 0 aliphatic heterocycles. The zero-order chi connectivity index (χ0) is 10.9. The van der Waals surface area contributed by atoms with Crippen molar-refractivity contribution in [3.05, 3.63) is 11.6 Å². The first-order valence-electron chi connectivity index (χ1n) is 6.56. The maximum atomic E-state index is 11.8. The van der Waals surface area contributed by atoms with E-state index in [0.29, 0.717) is 5.92 Å². The number of esters is 1. The molecule has 0 aromatic rings. The highest BCUT2D eigenvalue weighted by Gasteiger charge is 2.61. The SMILES string of the molecule is COC(=O)C1CC2CC1C1C3CC=C(C3)C21. The zero-order valence-electron chi connectivity index (χ0n) is 9.69. The van der Waals surface area contributed by atoms with E-state index in [4.69, 9.17) is 4.74 Å². The fourth-order valence-electron chi connectivity index (χ4n) is 5.36. The van der Waals surface area contributed by atoms with Gasteiger partial charge in [0.05, 0.1) is 13.0 Å². The molecule has 86 valence electrons. The second kappa shape index (κ2) is 2.91. The molecule has 4 rings (SSSR count). The van der Waals surface area contributed by atoms with Gasteiger partial charge in [0.2, 0.25) is 0 Å². The van der Waals surface area contributed by atoms with Crippen LogP contribution in [0, 0.1) is 35.5 Å². The second-order valence-corrected chi connectivity index (χ2v) is 6.11. The van der Waals surface area contributed by atoms with Gasteiger partial charge in [-0.1, -0.05) is 11.6 Å². The van der Waals surface area contributed by atoms with Crippen LogP contribution in [0.4, 0.5) is 0 Å². The molecule has 4 bridgehead atoms. The highest BCUT2D eigenvalue weighted by molar-refractivity contribution is 5.73. The van der Waals surface area contributed by atoms with E-state index >= 15 is 0 Å². The summed E-state index contributed by atoms with van der Waals surface area (Å²) in [4.78, 5) is 11.8. The van der Waals surface area contributed by atoms with Gasteiger partial charge in [-0.25, -0.2) is 0 Å². The molecule has 6 atom stereocenters. The average Bonchev–Trinajstić information content (AvgIpc) is 3.03. The highest BCUT2D eigenvalue weighted by atomic mass is 16.5. The molecule has 0 radical (unpaired) electrons. The first kappa shape index (κ1) is 9.26. The Hall–Kier alpha value is -0.790. The normalized spacial score (nSPS) is 51.7. The van der Waals surface area contributed by atoms with Gasteiger partial charge in [-0.15, -0.1) is 0 Å². The van der Waals surface area contributed by atoms with Gasteiger partial charge in [0.25, 0.3) is 0 Å². The fourth-order valence-corrected chi connectivity index (χ4v) is 5.36. The standard InChI is InChI=1S/C14H18O2/c1-16-14(15)11-6-9-5-10(11)13-8-3-2-7(4-8)12(9)13/h2,8-13H,3-6H2,1H3. The molecule has 3 saturated carbocycles. The fraction of sp³-hybridized carbons (Fsp3) is 0.786. The number of carbonyl (C=O) groups excluding carboxylic acids is 1. The lowest BCUT2D eigenvalue weighted by molar-refractivity contribution is -0.148. The van der Waals surface area contributed by atoms with Gasteiger partial charge >= 0.3 is 5.97 Å². The molecule has 0 N–H and O–H groups in total. The Labute approximate surface area is 96.0 Å². The van der Waals surface area contributed by atoms with Crippen LogP contribution < -0.4 is 0 Å². The summed E-state index contributed by atoms with van der Waals surface area (Å²) in [6.45, 7) is 0. The van der Waals surface area contributed by atoms with Crippen LogP contribution in [0.15, 0.2) is 11.6 Å². The van der Waals surface area contributed by atoms with E-state index in [0.717, 1.165) is 30.1 Å². The maximum absolute atomic E-state index is 11.8. The van der Waals surface area contributed by atoms with Gasteiger partial charge < -0.3 is 4.74 Å². The van der Waals surface area contributed by atoms with E-state index in [1.54, 1.807) is 5.57 Å². The predicted molar refractivity (Wildman–Crippen MR) is 59.5 cm³/mol. The summed E-state index contributed by atoms with van der Waals surface area (Å²) >= 11 is 0. The van der Waals surface area contributed by atoms with E-state index < -0.39 is 0 Å². The van der Waals surface area contributed by atoms with Crippen molar-refractivity contribution in [2.75, 3.05) is 7.11 Å². The van der Waals surface area contributed by atoms with Crippen molar-refractivity contribution < 1.29 is 9.53 Å². The minimum atomic E-state index is 0.0581. The lowest BCUT2D eigenvalue weighted by Crippen LogP contribution is -2.34. The van der Waals surface area contributed by atoms with Crippen molar-refractivity contribution >= 4 is 5.97 Å². The quantitative estimate of drug-likeness (QED) is 0.384. The average molecular weight is 218 g/mol. The Morgan fingerprint density at radius 3 is 3.06 bits per heavy atom. The van der Waals surface area contributed by atoms with Crippen LogP contribution in [-0.4, -0.2) is 13.1 Å². The molecule has 0 amide bonds. The second-order valence-electron chi connectivity index (χ2n) is 6.11. The zero-order valence-corrected chi connectivity index (χ0v) is 9.69. The van der Waals surface area contributed by atoms with Gasteiger partial charge in [-0.3, -0.25) is 4.79 Å². The molecular weight excluding hydrogens is 200 g/mol. The summed E-state index contributed by atoms with van der Waals surface area (Å²) in [5.41, 5.74) is 1.74. The van der Waals surface area contributed by atoms with E-state index in [9.17, 15) is 4.79 Å². The molecule has 0 heterocycles. The molecule has 0 saturated heterocycles. The third-order valence-electron chi connectivity index (χ3n) is 5.72. The predicted octanol–water partition coefficient (Wildman–Crippen LogP) is 2.40. The smallest absolute Gasteiger partial charge is 0.308 e. The minimum absolute atomic E-state index is 0.0581. The van der Waals surface area contributed by atoms with E-state index in [-0.39, 0.29) is 11.9 Å². The monoisotopic (exact) mass is 218 g/mol. The number of allylic oxidation sites excluding steroid dienone is 2. The summed E-state index contributed by atoms with van der Waals surface area (Å²) < 4.78 is 4.96. The molecule has 2 nitrogen and oxygen atoms in total. The molecule has 6 unspecified atom stereocenters. The summed E-state index contributed by atoms with van der Waals surface area (Å²) in [5, 5.41) is 0. The van der Waals surface area contributed by atoms with E-state index in [1.165, 1.54) is 26.4 Å². The number of ether oxygens (including phenoxy) is 1. The summed E-state index contributed by atoms with van der Waals surface area (Å²) in [6.07, 6.45) is 7.51. The Morgan fingerprint density at radius 1 is 1.38 bits per heavy atom. The van der Waals surface area contributed by atoms with Gasteiger partial charge in [0.1, 0.15) is 0 Å². The molecular formula is C14H18O2. The number of rotatable bonds is 1. The van der Waals surface area contributed by atoms with Crippen molar-refractivity contribution in [3.8, 4) is 0 Å². The highest BCUT2D eigenvalue weighted by Crippen LogP contribution is 2.67. The molecule has 4 aliphatic rings. The molecule has 2 heteroatoms.